The Kier molecular flexibility index (Phi) is 3.41. The maximum Gasteiger partial charge on any atom is 0.127 e. The van der Waals surface area contributed by atoms with Gasteiger partial charge in [0, 0.05) is 5.92 Å². The van der Waals surface area contributed by atoms with Crippen molar-refractivity contribution in [1.82, 2.24) is 0 Å². The van der Waals surface area contributed by atoms with Crippen LogP contribution in [0.15, 0.2) is 24.3 Å². The van der Waals surface area contributed by atoms with Crippen LogP contribution in [0.2, 0.25) is 0 Å². The molecule has 80 valence electrons. The molecule has 0 amide bonds. The van der Waals surface area contributed by atoms with Crippen molar-refractivity contribution in [2.45, 2.75) is 12.3 Å². The van der Waals surface area contributed by atoms with Crippen molar-refractivity contribution in [1.29, 1.82) is 0 Å². The number of hydrogen-bond donors (Lipinski definition) is 0. The lowest BCUT2D eigenvalue weighted by Gasteiger charge is -2.17. The number of halogens is 1. The first-order valence-electron chi connectivity index (χ1n) is 5.10. The SMILES string of the molecule is O=CC(c1ccccc1F)C1CCSC1. The molecule has 1 aliphatic rings. The average molecular weight is 224 g/mol. The van der Waals surface area contributed by atoms with Crippen molar-refractivity contribution in [3.63, 3.8) is 0 Å². The van der Waals surface area contributed by atoms with Crippen molar-refractivity contribution in [3.8, 4) is 0 Å². The van der Waals surface area contributed by atoms with E-state index in [0.717, 1.165) is 24.2 Å². The van der Waals surface area contributed by atoms with Crippen LogP contribution >= 0.6 is 11.8 Å². The molecule has 15 heavy (non-hydrogen) atoms. The van der Waals surface area contributed by atoms with E-state index in [1.165, 1.54) is 6.07 Å². The summed E-state index contributed by atoms with van der Waals surface area (Å²) in [4.78, 5) is 11.1. The van der Waals surface area contributed by atoms with Crippen LogP contribution in [0.3, 0.4) is 0 Å². The van der Waals surface area contributed by atoms with E-state index < -0.39 is 0 Å². The number of thioether (sulfide) groups is 1. The number of carbonyl (C=O) groups excluding carboxylic acids is 1. The van der Waals surface area contributed by atoms with Gasteiger partial charge in [0.15, 0.2) is 0 Å². The average Bonchev–Trinajstić information content (AvgIpc) is 2.75. The van der Waals surface area contributed by atoms with E-state index in [-0.39, 0.29) is 11.7 Å². The zero-order chi connectivity index (χ0) is 10.7. The largest absolute Gasteiger partial charge is 0.303 e. The highest BCUT2D eigenvalue weighted by Crippen LogP contribution is 2.35. The first-order valence-corrected chi connectivity index (χ1v) is 6.26. The van der Waals surface area contributed by atoms with Gasteiger partial charge < -0.3 is 4.79 Å². The summed E-state index contributed by atoms with van der Waals surface area (Å²) in [6, 6.07) is 6.59. The van der Waals surface area contributed by atoms with E-state index >= 15 is 0 Å². The van der Waals surface area contributed by atoms with Gasteiger partial charge in [-0.15, -0.1) is 0 Å². The lowest BCUT2D eigenvalue weighted by Crippen LogP contribution is -2.15. The zero-order valence-electron chi connectivity index (χ0n) is 8.36. The van der Waals surface area contributed by atoms with E-state index in [4.69, 9.17) is 0 Å². The predicted octanol–water partition coefficient (Wildman–Crippen LogP) is 2.86. The standard InChI is InChI=1S/C12H13FOS/c13-12-4-2-1-3-10(12)11(7-14)9-5-6-15-8-9/h1-4,7,9,11H,5-6,8H2. The van der Waals surface area contributed by atoms with Crippen molar-refractivity contribution >= 4 is 18.0 Å². The molecule has 1 fully saturated rings. The second-order valence-electron chi connectivity index (χ2n) is 3.81. The molecule has 0 spiro atoms. The van der Waals surface area contributed by atoms with Crippen LogP contribution in [0.1, 0.15) is 17.9 Å². The molecule has 0 bridgehead atoms. The van der Waals surface area contributed by atoms with Gasteiger partial charge in [0.05, 0.1) is 0 Å². The molecular weight excluding hydrogens is 211 g/mol. The molecule has 2 atom stereocenters. The van der Waals surface area contributed by atoms with Gasteiger partial charge in [0.1, 0.15) is 12.1 Å². The summed E-state index contributed by atoms with van der Waals surface area (Å²) in [5, 5.41) is 0. The van der Waals surface area contributed by atoms with Crippen LogP contribution in [0, 0.1) is 11.7 Å². The highest BCUT2D eigenvalue weighted by Gasteiger charge is 2.27. The molecule has 0 radical (unpaired) electrons. The van der Waals surface area contributed by atoms with E-state index in [1.54, 1.807) is 18.2 Å². The van der Waals surface area contributed by atoms with Gasteiger partial charge in [-0.1, -0.05) is 18.2 Å². The molecule has 1 heterocycles. The Morgan fingerprint density at radius 1 is 1.47 bits per heavy atom. The molecular formula is C12H13FOS. The highest BCUT2D eigenvalue weighted by molar-refractivity contribution is 7.99. The fourth-order valence-electron chi connectivity index (χ4n) is 2.02. The molecule has 1 aliphatic heterocycles. The smallest absolute Gasteiger partial charge is 0.127 e. The first kappa shape index (κ1) is 10.7. The normalized spacial score (nSPS) is 22.6. The van der Waals surface area contributed by atoms with Crippen LogP contribution in [0.25, 0.3) is 0 Å². The maximum atomic E-state index is 13.5. The molecule has 1 aromatic rings. The van der Waals surface area contributed by atoms with Crippen LogP contribution < -0.4 is 0 Å². The molecule has 0 N–H and O–H groups in total. The Balaban J connectivity index is 2.26. The molecule has 0 saturated carbocycles. The summed E-state index contributed by atoms with van der Waals surface area (Å²) in [7, 11) is 0. The summed E-state index contributed by atoms with van der Waals surface area (Å²) < 4.78 is 13.5. The third-order valence-corrected chi connectivity index (χ3v) is 4.07. The highest BCUT2D eigenvalue weighted by atomic mass is 32.2. The monoisotopic (exact) mass is 224 g/mol. The Bertz CT molecular complexity index is 347. The first-order chi connectivity index (χ1) is 7.33. The Morgan fingerprint density at radius 2 is 2.27 bits per heavy atom. The number of rotatable bonds is 3. The molecule has 0 aromatic heterocycles. The lowest BCUT2D eigenvalue weighted by molar-refractivity contribution is -0.110. The third kappa shape index (κ3) is 2.23. The van der Waals surface area contributed by atoms with Crippen LogP contribution in [0.4, 0.5) is 4.39 Å². The van der Waals surface area contributed by atoms with Gasteiger partial charge in [-0.05, 0) is 35.5 Å². The molecule has 0 aliphatic carbocycles. The Labute approximate surface area is 93.1 Å². The summed E-state index contributed by atoms with van der Waals surface area (Å²) in [6.07, 6.45) is 1.91. The van der Waals surface area contributed by atoms with Crippen LogP contribution in [0.5, 0.6) is 0 Å². The molecule has 2 rings (SSSR count). The zero-order valence-corrected chi connectivity index (χ0v) is 9.17. The topological polar surface area (TPSA) is 17.1 Å². The summed E-state index contributed by atoms with van der Waals surface area (Å²) in [5.74, 6) is 1.85. The van der Waals surface area contributed by atoms with Gasteiger partial charge in [0.2, 0.25) is 0 Å². The van der Waals surface area contributed by atoms with Gasteiger partial charge in [-0.2, -0.15) is 11.8 Å². The number of aldehydes is 1. The minimum atomic E-state index is -0.263. The summed E-state index contributed by atoms with van der Waals surface area (Å²) in [5.41, 5.74) is 0.556. The molecule has 1 nitrogen and oxygen atoms in total. The molecule has 2 unspecified atom stereocenters. The number of hydrogen-bond acceptors (Lipinski definition) is 2. The fourth-order valence-corrected chi connectivity index (χ4v) is 3.33. The van der Waals surface area contributed by atoms with E-state index in [1.807, 2.05) is 11.8 Å². The Hall–Kier alpha value is -0.830. The predicted molar refractivity (Wildman–Crippen MR) is 60.6 cm³/mol. The van der Waals surface area contributed by atoms with E-state index in [2.05, 4.69) is 0 Å². The van der Waals surface area contributed by atoms with Gasteiger partial charge in [0.25, 0.3) is 0 Å². The van der Waals surface area contributed by atoms with Crippen molar-refractivity contribution in [2.75, 3.05) is 11.5 Å². The minimum absolute atomic E-state index is 0.258. The van der Waals surface area contributed by atoms with Gasteiger partial charge in [-0.3, -0.25) is 0 Å². The number of benzene rings is 1. The number of carbonyl (C=O) groups is 1. The van der Waals surface area contributed by atoms with E-state index in [0.29, 0.717) is 11.5 Å². The van der Waals surface area contributed by atoms with Gasteiger partial charge in [-0.25, -0.2) is 4.39 Å². The van der Waals surface area contributed by atoms with Gasteiger partial charge >= 0.3 is 0 Å². The Morgan fingerprint density at radius 3 is 2.87 bits per heavy atom. The van der Waals surface area contributed by atoms with Crippen molar-refractivity contribution in [2.24, 2.45) is 5.92 Å². The van der Waals surface area contributed by atoms with Crippen molar-refractivity contribution in [3.05, 3.63) is 35.6 Å². The van der Waals surface area contributed by atoms with Crippen molar-refractivity contribution < 1.29 is 9.18 Å². The maximum absolute atomic E-state index is 13.5. The second kappa shape index (κ2) is 4.79. The quantitative estimate of drug-likeness (QED) is 0.734. The summed E-state index contributed by atoms with van der Waals surface area (Å²) in [6.45, 7) is 0. The van der Waals surface area contributed by atoms with Crippen LogP contribution in [-0.2, 0) is 4.79 Å². The third-order valence-electron chi connectivity index (χ3n) is 2.88. The summed E-state index contributed by atoms with van der Waals surface area (Å²) >= 11 is 1.85. The fraction of sp³-hybridized carbons (Fsp3) is 0.417. The lowest BCUT2D eigenvalue weighted by atomic mass is 9.86. The second-order valence-corrected chi connectivity index (χ2v) is 4.96. The molecule has 3 heteroatoms. The molecule has 1 saturated heterocycles. The molecule has 1 aromatic carbocycles. The van der Waals surface area contributed by atoms with Crippen LogP contribution in [-0.4, -0.2) is 17.8 Å². The minimum Gasteiger partial charge on any atom is -0.303 e. The van der Waals surface area contributed by atoms with E-state index in [9.17, 15) is 9.18 Å².